The number of urea groups is 1. The van der Waals surface area contributed by atoms with E-state index in [2.05, 4.69) is 49.4 Å². The summed E-state index contributed by atoms with van der Waals surface area (Å²) in [5.74, 6) is 2.87. The van der Waals surface area contributed by atoms with Crippen LogP contribution < -0.4 is 29.2 Å². The number of halogens is 4. The molecule has 4 heterocycles. The van der Waals surface area contributed by atoms with Crippen LogP contribution in [0.4, 0.5) is 39.7 Å². The molecule has 0 fully saturated rings. The molecule has 2 aromatic carbocycles. The Kier molecular flexibility index (Phi) is 11.6. The number of nitrogens with one attached hydrogen (secondary N) is 2. The molecule has 286 valence electrons. The second kappa shape index (κ2) is 15.8. The van der Waals surface area contributed by atoms with Crippen LogP contribution in [0.2, 0.25) is 0 Å². The number of sulfonamides is 1. The molecular formula is C33H33F4N9O6S2. The third kappa shape index (κ3) is 9.67. The SMILES string of the molecule is C#CCN1C(=O)COc2cc(F)c(N=c3snc4n3CC(C)(C)C4)cc21.COc1nc(C)nc(NC(=O)NS(=O)(=O)c2ccccc2CCC(F)(F)F)n1. The van der Waals surface area contributed by atoms with Crippen LogP contribution in [0.1, 0.15) is 37.5 Å². The molecular weight excluding hydrogens is 759 g/mol. The number of anilines is 2. The number of methoxy groups -OCH3 is 1. The maximum Gasteiger partial charge on any atom is 0.389 e. The second-order valence-corrected chi connectivity index (χ2v) is 15.0. The molecule has 4 aromatic rings. The van der Waals surface area contributed by atoms with E-state index in [1.807, 2.05) is 4.57 Å². The number of fused-ring (bicyclic) bond motifs is 2. The van der Waals surface area contributed by atoms with Crippen LogP contribution in [0.25, 0.3) is 0 Å². The molecule has 54 heavy (non-hydrogen) atoms. The van der Waals surface area contributed by atoms with Gasteiger partial charge in [0.05, 0.1) is 24.2 Å². The van der Waals surface area contributed by atoms with Gasteiger partial charge < -0.3 is 14.0 Å². The Morgan fingerprint density at radius 1 is 1.20 bits per heavy atom. The number of rotatable bonds is 8. The zero-order chi connectivity index (χ0) is 39.4. The van der Waals surface area contributed by atoms with Gasteiger partial charge in [0.1, 0.15) is 23.1 Å². The van der Waals surface area contributed by atoms with Gasteiger partial charge in [0, 0.05) is 37.0 Å². The summed E-state index contributed by atoms with van der Waals surface area (Å²) in [6.07, 6.45) is 0.0207. The molecule has 0 unspecified atom stereocenters. The van der Waals surface area contributed by atoms with Crippen molar-refractivity contribution < 1.29 is 45.0 Å². The number of carbonyl (C=O) groups is 2. The minimum absolute atomic E-state index is 0.0715. The first kappa shape index (κ1) is 39.6. The Labute approximate surface area is 310 Å². The van der Waals surface area contributed by atoms with Crippen molar-refractivity contribution in [1.82, 2.24) is 28.6 Å². The van der Waals surface area contributed by atoms with Crippen LogP contribution in [-0.2, 0) is 34.2 Å². The van der Waals surface area contributed by atoms with E-state index in [4.69, 9.17) is 15.9 Å². The molecule has 0 saturated heterocycles. The lowest BCUT2D eigenvalue weighted by molar-refractivity contribution is -0.134. The van der Waals surface area contributed by atoms with E-state index in [1.54, 1.807) is 4.72 Å². The fourth-order valence-electron chi connectivity index (χ4n) is 5.40. The largest absolute Gasteiger partial charge is 0.481 e. The van der Waals surface area contributed by atoms with Gasteiger partial charge in [0.15, 0.2) is 12.4 Å². The number of benzene rings is 2. The first-order valence-electron chi connectivity index (χ1n) is 15.9. The van der Waals surface area contributed by atoms with Gasteiger partial charge in [-0.25, -0.2) is 27.3 Å². The number of carbonyl (C=O) groups excluding carboxylic acids is 2. The molecule has 0 atom stereocenters. The van der Waals surface area contributed by atoms with Crippen molar-refractivity contribution in [2.45, 2.75) is 57.7 Å². The standard InChI is InChI=1S/C18H17FN4O2S.C15H16F3N5O4S/c1-4-5-22-13-7-12(11(19)6-14(13)25-9-16(22)24)20-17-23-10-18(2,3)8-15(23)21-26-17;1-9-19-12(22-14(20-9)27-2)21-13(24)23-28(25,26)11-6-4-3-5-10(11)7-8-15(16,17)18/h1,6-7H,5,8-10H2,2-3H3;3-6H,7-8H2,1-2H3,(H2,19,20,21,22,23,24). The minimum Gasteiger partial charge on any atom is -0.481 e. The normalized spacial score (nSPS) is 14.9. The van der Waals surface area contributed by atoms with Crippen molar-refractivity contribution in [3.8, 4) is 24.1 Å². The summed E-state index contributed by atoms with van der Waals surface area (Å²) < 4.78 is 95.1. The maximum atomic E-state index is 14.5. The van der Waals surface area contributed by atoms with Crippen molar-refractivity contribution in [2.75, 3.05) is 30.5 Å². The highest BCUT2D eigenvalue weighted by molar-refractivity contribution is 7.90. The molecule has 0 radical (unpaired) electrons. The number of terminal acetylenes is 1. The van der Waals surface area contributed by atoms with Gasteiger partial charge >= 0.3 is 18.2 Å². The van der Waals surface area contributed by atoms with E-state index < -0.39 is 45.8 Å². The van der Waals surface area contributed by atoms with E-state index in [9.17, 15) is 35.6 Å². The summed E-state index contributed by atoms with van der Waals surface area (Å²) in [5.41, 5.74) is 0.607. The molecule has 15 nitrogen and oxygen atoms in total. The summed E-state index contributed by atoms with van der Waals surface area (Å²) in [4.78, 5) is 41.5. The first-order valence-corrected chi connectivity index (χ1v) is 18.2. The van der Waals surface area contributed by atoms with Crippen molar-refractivity contribution in [2.24, 2.45) is 10.4 Å². The molecule has 2 N–H and O–H groups in total. The number of aryl methyl sites for hydroxylation is 2. The molecule has 0 bridgehead atoms. The van der Waals surface area contributed by atoms with Gasteiger partial charge in [-0.15, -0.1) is 6.42 Å². The molecule has 0 aliphatic carbocycles. The Balaban J connectivity index is 0.000000208. The van der Waals surface area contributed by atoms with Crippen LogP contribution in [0.5, 0.6) is 11.8 Å². The van der Waals surface area contributed by atoms with E-state index in [1.165, 1.54) is 60.8 Å². The molecule has 2 aliphatic rings. The van der Waals surface area contributed by atoms with Crippen molar-refractivity contribution >= 4 is 50.8 Å². The summed E-state index contributed by atoms with van der Waals surface area (Å²) >= 11 is 1.24. The van der Waals surface area contributed by atoms with Crippen LogP contribution in [0.15, 0.2) is 46.3 Å². The zero-order valence-corrected chi connectivity index (χ0v) is 30.8. The number of hydrogen-bond acceptors (Lipinski definition) is 12. The minimum atomic E-state index is -4.45. The molecule has 2 aliphatic heterocycles. The summed E-state index contributed by atoms with van der Waals surface area (Å²) in [5, 5.41) is 2.11. The highest BCUT2D eigenvalue weighted by Gasteiger charge is 2.32. The molecule has 0 spiro atoms. The van der Waals surface area contributed by atoms with Crippen LogP contribution >= 0.6 is 11.5 Å². The smallest absolute Gasteiger partial charge is 0.389 e. The van der Waals surface area contributed by atoms with Gasteiger partial charge in [-0.05, 0) is 36.5 Å². The lowest BCUT2D eigenvalue weighted by atomic mass is 9.92. The van der Waals surface area contributed by atoms with E-state index in [0.717, 1.165) is 24.9 Å². The van der Waals surface area contributed by atoms with Gasteiger partial charge in [0.2, 0.25) is 10.7 Å². The number of ether oxygens (including phenoxy) is 2. The highest BCUT2D eigenvalue weighted by Crippen LogP contribution is 2.37. The fraction of sp³-hybridized carbons (Fsp3) is 0.364. The summed E-state index contributed by atoms with van der Waals surface area (Å²) in [6.45, 7) is 6.56. The maximum absolute atomic E-state index is 14.5. The molecule has 21 heteroatoms. The second-order valence-electron chi connectivity index (χ2n) is 12.6. The Morgan fingerprint density at radius 2 is 1.94 bits per heavy atom. The average Bonchev–Trinajstić information content (AvgIpc) is 3.59. The lowest BCUT2D eigenvalue weighted by Gasteiger charge is -2.28. The average molecular weight is 792 g/mol. The van der Waals surface area contributed by atoms with Crippen molar-refractivity contribution in [3.05, 3.63) is 64.2 Å². The quantitative estimate of drug-likeness (QED) is 0.191. The predicted molar refractivity (Wildman–Crippen MR) is 187 cm³/mol. The van der Waals surface area contributed by atoms with Crippen molar-refractivity contribution in [3.63, 3.8) is 0 Å². The first-order chi connectivity index (χ1) is 25.4. The summed E-state index contributed by atoms with van der Waals surface area (Å²) in [6, 6.07) is 6.57. The number of hydrogen-bond donors (Lipinski definition) is 2. The van der Waals surface area contributed by atoms with Crippen LogP contribution in [0, 0.1) is 30.5 Å². The molecule has 3 amide bonds. The third-order valence-electron chi connectivity index (χ3n) is 7.74. The Bertz CT molecular complexity index is 2300. The van der Waals surface area contributed by atoms with E-state index in [-0.39, 0.29) is 53.5 Å². The molecule has 6 rings (SSSR count). The van der Waals surface area contributed by atoms with Gasteiger partial charge in [0.25, 0.3) is 15.9 Å². The summed E-state index contributed by atoms with van der Waals surface area (Å²) in [7, 11) is -3.14. The van der Waals surface area contributed by atoms with Gasteiger partial charge in [-0.1, -0.05) is 38.0 Å². The number of amides is 3. The van der Waals surface area contributed by atoms with E-state index >= 15 is 0 Å². The third-order valence-corrected chi connectivity index (χ3v) is 9.94. The molecule has 2 aromatic heterocycles. The topological polar surface area (TPSA) is 183 Å². The fourth-order valence-corrected chi connectivity index (χ4v) is 7.34. The van der Waals surface area contributed by atoms with Crippen molar-refractivity contribution in [1.29, 1.82) is 0 Å². The number of alkyl halides is 3. The molecule has 0 saturated carbocycles. The number of nitrogens with zero attached hydrogens (tertiary/aromatic N) is 7. The zero-order valence-electron chi connectivity index (χ0n) is 29.2. The predicted octanol–water partition coefficient (Wildman–Crippen LogP) is 4.45. The Morgan fingerprint density at radius 3 is 2.65 bits per heavy atom. The van der Waals surface area contributed by atoms with Crippen LogP contribution in [0.3, 0.4) is 0 Å². The van der Waals surface area contributed by atoms with Gasteiger partial charge in [-0.2, -0.15) is 32.5 Å². The van der Waals surface area contributed by atoms with Crippen LogP contribution in [-0.4, -0.2) is 70.7 Å². The highest BCUT2D eigenvalue weighted by atomic mass is 32.2. The Hall–Kier alpha value is -5.62. The lowest BCUT2D eigenvalue weighted by Crippen LogP contribution is -2.39. The number of aromatic nitrogens is 5. The monoisotopic (exact) mass is 791 g/mol. The van der Waals surface area contributed by atoms with Gasteiger partial charge in [-0.3, -0.25) is 15.0 Å². The van der Waals surface area contributed by atoms with E-state index in [0.29, 0.717) is 16.2 Å².